The van der Waals surface area contributed by atoms with Crippen LogP contribution >= 0.6 is 0 Å². The molecule has 0 atom stereocenters. The van der Waals surface area contributed by atoms with Gasteiger partial charge in [-0.3, -0.25) is 4.79 Å². The van der Waals surface area contributed by atoms with Crippen molar-refractivity contribution in [2.75, 3.05) is 44.3 Å². The number of carbonyl (C=O) groups excluding carboxylic acids is 1. The maximum atomic E-state index is 12.8. The zero-order valence-electron chi connectivity index (χ0n) is 14.9. The van der Waals surface area contributed by atoms with Crippen LogP contribution in [0.4, 0.5) is 5.82 Å². The summed E-state index contributed by atoms with van der Waals surface area (Å²) in [6, 6.07) is 1.85. The molecule has 0 aromatic carbocycles. The lowest BCUT2D eigenvalue weighted by Crippen LogP contribution is -2.45. The molecule has 136 valence electrons. The molecule has 0 unspecified atom stereocenters. The monoisotopic (exact) mass is 346 g/mol. The number of likely N-dealkylation sites (tertiary alicyclic amines) is 1. The molecule has 0 N–H and O–H groups in total. The maximum Gasteiger partial charge on any atom is 0.272 e. The van der Waals surface area contributed by atoms with Crippen LogP contribution in [0.3, 0.4) is 0 Å². The van der Waals surface area contributed by atoms with Crippen LogP contribution in [0.25, 0.3) is 0 Å². The molecule has 7 nitrogen and oxygen atoms in total. The smallest absolute Gasteiger partial charge is 0.272 e. The number of carbonyl (C=O) groups is 1. The Morgan fingerprint density at radius 2 is 1.72 bits per heavy atom. The molecule has 25 heavy (non-hydrogen) atoms. The van der Waals surface area contributed by atoms with Crippen LogP contribution in [0.2, 0.25) is 0 Å². The van der Waals surface area contributed by atoms with Gasteiger partial charge in [-0.25, -0.2) is 9.97 Å². The number of nitrogens with zero attached hydrogens (tertiary/aromatic N) is 4. The lowest BCUT2D eigenvalue weighted by atomic mass is 10.0. The predicted molar refractivity (Wildman–Crippen MR) is 92.6 cm³/mol. The highest BCUT2D eigenvalue weighted by Gasteiger charge is 2.40. The van der Waals surface area contributed by atoms with Crippen LogP contribution in [0.15, 0.2) is 6.07 Å². The molecule has 1 amide bonds. The van der Waals surface area contributed by atoms with Crippen LogP contribution in [-0.4, -0.2) is 66.0 Å². The SMILES string of the molecule is Cc1nc(C(=O)N2CCCCC2)cc(N2CCC3(CC2)OCCO3)n1. The van der Waals surface area contributed by atoms with E-state index in [1.54, 1.807) is 0 Å². The van der Waals surface area contributed by atoms with E-state index < -0.39 is 5.79 Å². The van der Waals surface area contributed by atoms with Crippen LogP contribution in [0.5, 0.6) is 0 Å². The Bertz CT molecular complexity index is 629. The van der Waals surface area contributed by atoms with E-state index in [0.29, 0.717) is 24.7 Å². The number of hydrogen-bond acceptors (Lipinski definition) is 6. The van der Waals surface area contributed by atoms with Crippen molar-refractivity contribution in [1.82, 2.24) is 14.9 Å². The predicted octanol–water partition coefficient (Wildman–Crippen LogP) is 1.75. The van der Waals surface area contributed by atoms with E-state index >= 15 is 0 Å². The fourth-order valence-electron chi connectivity index (χ4n) is 3.94. The molecule has 1 aromatic rings. The number of aromatic nitrogens is 2. The van der Waals surface area contributed by atoms with Gasteiger partial charge in [0.1, 0.15) is 17.3 Å². The molecule has 0 saturated carbocycles. The molecule has 0 aliphatic carbocycles. The minimum absolute atomic E-state index is 0.0300. The molecule has 4 rings (SSSR count). The molecule has 1 spiro atoms. The Labute approximate surface area is 148 Å². The van der Waals surface area contributed by atoms with Gasteiger partial charge in [0.25, 0.3) is 5.91 Å². The third kappa shape index (κ3) is 3.48. The first kappa shape index (κ1) is 16.7. The highest BCUT2D eigenvalue weighted by atomic mass is 16.7. The zero-order chi connectivity index (χ0) is 17.3. The summed E-state index contributed by atoms with van der Waals surface area (Å²) in [5.41, 5.74) is 0.512. The van der Waals surface area contributed by atoms with Crippen molar-refractivity contribution in [3.05, 3.63) is 17.6 Å². The molecule has 3 fully saturated rings. The Balaban J connectivity index is 1.49. The number of aryl methyl sites for hydroxylation is 1. The van der Waals surface area contributed by atoms with E-state index in [4.69, 9.17) is 9.47 Å². The summed E-state index contributed by atoms with van der Waals surface area (Å²) in [6.45, 7) is 6.51. The Kier molecular flexibility index (Phi) is 4.60. The summed E-state index contributed by atoms with van der Waals surface area (Å²) in [7, 11) is 0. The molecule has 3 saturated heterocycles. The van der Waals surface area contributed by atoms with Gasteiger partial charge in [-0.2, -0.15) is 0 Å². The van der Waals surface area contributed by atoms with Crippen molar-refractivity contribution >= 4 is 11.7 Å². The average molecular weight is 346 g/mol. The van der Waals surface area contributed by atoms with Gasteiger partial charge < -0.3 is 19.3 Å². The fraction of sp³-hybridized carbons (Fsp3) is 0.722. The highest BCUT2D eigenvalue weighted by molar-refractivity contribution is 5.93. The van der Waals surface area contributed by atoms with Crippen molar-refractivity contribution in [1.29, 1.82) is 0 Å². The number of rotatable bonds is 2. The summed E-state index contributed by atoms with van der Waals surface area (Å²) in [5.74, 6) is 1.11. The van der Waals surface area contributed by atoms with Crippen molar-refractivity contribution in [3.8, 4) is 0 Å². The lowest BCUT2D eigenvalue weighted by Gasteiger charge is -2.38. The first-order valence-corrected chi connectivity index (χ1v) is 9.33. The summed E-state index contributed by atoms with van der Waals surface area (Å²) < 4.78 is 11.6. The van der Waals surface area contributed by atoms with Gasteiger partial charge in [0.2, 0.25) is 0 Å². The van der Waals surface area contributed by atoms with Gasteiger partial charge in [-0.15, -0.1) is 0 Å². The minimum atomic E-state index is -0.398. The van der Waals surface area contributed by atoms with Crippen molar-refractivity contribution in [3.63, 3.8) is 0 Å². The van der Waals surface area contributed by atoms with Gasteiger partial charge >= 0.3 is 0 Å². The fourth-order valence-corrected chi connectivity index (χ4v) is 3.94. The summed E-state index contributed by atoms with van der Waals surface area (Å²) in [6.07, 6.45) is 5.02. The summed E-state index contributed by atoms with van der Waals surface area (Å²) >= 11 is 0. The zero-order valence-corrected chi connectivity index (χ0v) is 14.9. The maximum absolute atomic E-state index is 12.8. The van der Waals surface area contributed by atoms with E-state index in [0.717, 1.165) is 57.7 Å². The van der Waals surface area contributed by atoms with Crippen LogP contribution in [0, 0.1) is 6.92 Å². The molecule has 7 heteroatoms. The third-order valence-electron chi connectivity index (χ3n) is 5.35. The topological polar surface area (TPSA) is 67.8 Å². The highest BCUT2D eigenvalue weighted by Crippen LogP contribution is 2.32. The second kappa shape index (κ2) is 6.88. The van der Waals surface area contributed by atoms with E-state index in [1.165, 1.54) is 6.42 Å². The van der Waals surface area contributed by atoms with E-state index in [2.05, 4.69) is 14.9 Å². The van der Waals surface area contributed by atoms with E-state index in [9.17, 15) is 4.79 Å². The Hall–Kier alpha value is -1.73. The van der Waals surface area contributed by atoms with Crippen LogP contribution in [0.1, 0.15) is 48.4 Å². The molecule has 0 bridgehead atoms. The van der Waals surface area contributed by atoms with Gasteiger partial charge in [-0.05, 0) is 26.2 Å². The second-order valence-electron chi connectivity index (χ2n) is 7.11. The number of amides is 1. The van der Waals surface area contributed by atoms with Gasteiger partial charge in [0.05, 0.1) is 13.2 Å². The van der Waals surface area contributed by atoms with Gasteiger partial charge in [-0.1, -0.05) is 0 Å². The van der Waals surface area contributed by atoms with E-state index in [1.807, 2.05) is 17.9 Å². The molecule has 0 radical (unpaired) electrons. The van der Waals surface area contributed by atoms with Crippen molar-refractivity contribution < 1.29 is 14.3 Å². The molecular formula is C18H26N4O3. The first-order valence-electron chi connectivity index (χ1n) is 9.33. The normalized spacial score (nSPS) is 23.2. The number of ether oxygens (including phenoxy) is 2. The van der Waals surface area contributed by atoms with Crippen LogP contribution < -0.4 is 4.90 Å². The quantitative estimate of drug-likeness (QED) is 0.813. The summed E-state index contributed by atoms with van der Waals surface area (Å²) in [4.78, 5) is 25.9. The molecule has 3 aliphatic heterocycles. The Morgan fingerprint density at radius 3 is 2.40 bits per heavy atom. The lowest BCUT2D eigenvalue weighted by molar-refractivity contribution is -0.169. The van der Waals surface area contributed by atoms with Gasteiger partial charge in [0, 0.05) is 45.1 Å². The number of piperidine rings is 2. The largest absolute Gasteiger partial charge is 0.356 e. The average Bonchev–Trinajstić information content (AvgIpc) is 3.10. The Morgan fingerprint density at radius 1 is 1.04 bits per heavy atom. The minimum Gasteiger partial charge on any atom is -0.356 e. The second-order valence-corrected chi connectivity index (χ2v) is 7.11. The van der Waals surface area contributed by atoms with E-state index in [-0.39, 0.29) is 5.91 Å². The number of hydrogen-bond donors (Lipinski definition) is 0. The third-order valence-corrected chi connectivity index (χ3v) is 5.35. The first-order chi connectivity index (χ1) is 12.2. The van der Waals surface area contributed by atoms with Crippen molar-refractivity contribution in [2.24, 2.45) is 0 Å². The standard InChI is InChI=1S/C18H26N4O3/c1-14-19-15(17(23)22-7-3-2-4-8-22)13-16(20-14)21-9-5-18(6-10-21)24-11-12-25-18/h13H,2-12H2,1H3. The van der Waals surface area contributed by atoms with Crippen LogP contribution in [-0.2, 0) is 9.47 Å². The van der Waals surface area contributed by atoms with Gasteiger partial charge in [0.15, 0.2) is 5.79 Å². The number of anilines is 1. The summed E-state index contributed by atoms with van der Waals surface area (Å²) in [5, 5.41) is 0. The molecule has 4 heterocycles. The molecule has 3 aliphatic rings. The molecule has 1 aromatic heterocycles. The van der Waals surface area contributed by atoms with Crippen molar-refractivity contribution in [2.45, 2.75) is 44.8 Å². The molecular weight excluding hydrogens is 320 g/mol.